The number of aromatic nitrogens is 2. The van der Waals surface area contributed by atoms with E-state index < -0.39 is 0 Å². The van der Waals surface area contributed by atoms with E-state index in [0.717, 1.165) is 39.3 Å². The molecular weight excluding hydrogens is 446 g/mol. The number of piperazine rings is 1. The van der Waals surface area contributed by atoms with Crippen molar-refractivity contribution in [2.75, 3.05) is 26.2 Å². The second-order valence-corrected chi connectivity index (χ2v) is 11.2. The maximum absolute atomic E-state index is 13.9. The van der Waals surface area contributed by atoms with Gasteiger partial charge in [-0.05, 0) is 43.1 Å². The summed E-state index contributed by atoms with van der Waals surface area (Å²) in [5, 5.41) is 0. The lowest BCUT2D eigenvalue weighted by Crippen LogP contribution is -2.52. The SMILES string of the molecule is [C-]#[N+]c1ccc(Cn2cncc2CN2CCN(C(=O)C(C3CCCCC3)C3CCCCC3)CC2)cc1. The zero-order valence-corrected chi connectivity index (χ0v) is 21.7. The van der Waals surface area contributed by atoms with Crippen molar-refractivity contribution in [1.82, 2.24) is 19.4 Å². The van der Waals surface area contributed by atoms with Gasteiger partial charge in [-0.1, -0.05) is 62.8 Å². The number of hydrogen-bond donors (Lipinski definition) is 0. The second-order valence-electron chi connectivity index (χ2n) is 11.2. The van der Waals surface area contributed by atoms with E-state index in [2.05, 4.69) is 24.2 Å². The van der Waals surface area contributed by atoms with Gasteiger partial charge >= 0.3 is 0 Å². The standard InChI is InChI=1S/C30H41N5O/c1-31-27-14-12-24(13-15-27)21-35-23-32-20-28(35)22-33-16-18-34(19-17-33)30(36)29(25-8-4-2-5-9-25)26-10-6-3-7-11-26/h12-15,20,23,25-26,29H,2-11,16-19,21-22H2. The van der Waals surface area contributed by atoms with Crippen LogP contribution in [0.25, 0.3) is 4.85 Å². The Morgan fingerprint density at radius 2 is 1.50 bits per heavy atom. The van der Waals surface area contributed by atoms with Crippen LogP contribution >= 0.6 is 0 Å². The lowest BCUT2D eigenvalue weighted by Gasteiger charge is -2.42. The van der Waals surface area contributed by atoms with E-state index in [0.29, 0.717) is 23.4 Å². The van der Waals surface area contributed by atoms with Crippen LogP contribution in [0.1, 0.15) is 75.5 Å². The average molecular weight is 488 g/mol. The third kappa shape index (κ3) is 6.00. The number of carbonyl (C=O) groups is 1. The van der Waals surface area contributed by atoms with Crippen LogP contribution in [0.15, 0.2) is 36.8 Å². The van der Waals surface area contributed by atoms with Gasteiger partial charge in [-0.25, -0.2) is 9.83 Å². The number of amides is 1. The minimum absolute atomic E-state index is 0.271. The summed E-state index contributed by atoms with van der Waals surface area (Å²) in [5.41, 5.74) is 3.05. The van der Waals surface area contributed by atoms with Gasteiger partial charge in [0, 0.05) is 51.4 Å². The Morgan fingerprint density at radius 1 is 0.889 bits per heavy atom. The van der Waals surface area contributed by atoms with Crippen LogP contribution < -0.4 is 0 Å². The molecule has 0 bridgehead atoms. The summed E-state index contributed by atoms with van der Waals surface area (Å²) in [5.74, 6) is 1.98. The van der Waals surface area contributed by atoms with Crippen molar-refractivity contribution >= 4 is 11.6 Å². The highest BCUT2D eigenvalue weighted by molar-refractivity contribution is 5.79. The highest BCUT2D eigenvalue weighted by Crippen LogP contribution is 2.41. The molecule has 0 atom stereocenters. The van der Waals surface area contributed by atoms with Crippen LogP contribution in [0.4, 0.5) is 5.69 Å². The molecule has 3 fully saturated rings. The molecular formula is C30H41N5O. The first-order valence-corrected chi connectivity index (χ1v) is 14.2. The zero-order valence-electron chi connectivity index (χ0n) is 21.7. The van der Waals surface area contributed by atoms with Crippen molar-refractivity contribution in [3.63, 3.8) is 0 Å². The monoisotopic (exact) mass is 487 g/mol. The Morgan fingerprint density at radius 3 is 2.08 bits per heavy atom. The number of nitrogens with zero attached hydrogens (tertiary/aromatic N) is 5. The Kier molecular flexibility index (Phi) is 8.38. The Labute approximate surface area is 216 Å². The fourth-order valence-electron chi connectivity index (χ4n) is 6.84. The molecule has 2 heterocycles. The molecule has 3 aliphatic rings. The van der Waals surface area contributed by atoms with Gasteiger partial charge in [0.05, 0.1) is 18.6 Å². The first-order chi connectivity index (χ1) is 17.7. The average Bonchev–Trinajstić information content (AvgIpc) is 3.37. The first kappa shape index (κ1) is 25.0. The van der Waals surface area contributed by atoms with Gasteiger partial charge in [0.1, 0.15) is 0 Å². The molecule has 6 heteroatoms. The molecule has 0 unspecified atom stereocenters. The molecule has 6 nitrogen and oxygen atoms in total. The lowest BCUT2D eigenvalue weighted by atomic mass is 9.69. The molecule has 2 aromatic rings. The molecule has 5 rings (SSSR count). The molecule has 0 radical (unpaired) electrons. The van der Waals surface area contributed by atoms with Gasteiger partial charge in [0.15, 0.2) is 5.69 Å². The smallest absolute Gasteiger partial charge is 0.226 e. The van der Waals surface area contributed by atoms with Crippen LogP contribution in [0.2, 0.25) is 0 Å². The lowest BCUT2D eigenvalue weighted by molar-refractivity contribution is -0.142. The van der Waals surface area contributed by atoms with E-state index in [1.165, 1.54) is 75.5 Å². The normalized spacial score (nSPS) is 20.5. The van der Waals surface area contributed by atoms with Gasteiger partial charge in [0.2, 0.25) is 5.91 Å². The van der Waals surface area contributed by atoms with Crippen LogP contribution in [-0.2, 0) is 17.9 Å². The van der Waals surface area contributed by atoms with Gasteiger partial charge in [-0.15, -0.1) is 0 Å². The Hall–Kier alpha value is -2.65. The first-order valence-electron chi connectivity index (χ1n) is 14.2. The summed E-state index contributed by atoms with van der Waals surface area (Å²) >= 11 is 0. The fourth-order valence-corrected chi connectivity index (χ4v) is 6.84. The molecule has 1 aromatic carbocycles. The maximum Gasteiger partial charge on any atom is 0.226 e. The van der Waals surface area contributed by atoms with Crippen LogP contribution in [-0.4, -0.2) is 51.4 Å². The largest absolute Gasteiger partial charge is 0.340 e. The molecule has 1 aliphatic heterocycles. The van der Waals surface area contributed by atoms with Crippen molar-refractivity contribution in [2.24, 2.45) is 17.8 Å². The Bertz CT molecular complexity index is 1000. The van der Waals surface area contributed by atoms with E-state index in [4.69, 9.17) is 6.57 Å². The minimum Gasteiger partial charge on any atom is -0.340 e. The number of imidazole rings is 1. The third-order valence-corrected chi connectivity index (χ3v) is 8.89. The zero-order chi connectivity index (χ0) is 24.7. The van der Waals surface area contributed by atoms with Crippen LogP contribution in [0.3, 0.4) is 0 Å². The predicted octanol–water partition coefficient (Wildman–Crippen LogP) is 5.90. The second kappa shape index (κ2) is 12.1. The van der Waals surface area contributed by atoms with Gasteiger partial charge in [-0.2, -0.15) is 0 Å². The fraction of sp³-hybridized carbons (Fsp3) is 0.633. The van der Waals surface area contributed by atoms with Gasteiger partial charge in [-0.3, -0.25) is 9.69 Å². The summed E-state index contributed by atoms with van der Waals surface area (Å²) in [6.45, 7) is 12.3. The summed E-state index contributed by atoms with van der Waals surface area (Å²) in [6, 6.07) is 7.80. The molecule has 1 saturated heterocycles. The van der Waals surface area contributed by atoms with Gasteiger partial charge < -0.3 is 9.47 Å². The van der Waals surface area contributed by atoms with Crippen molar-refractivity contribution in [2.45, 2.75) is 77.3 Å². The van der Waals surface area contributed by atoms with Crippen molar-refractivity contribution in [1.29, 1.82) is 0 Å². The van der Waals surface area contributed by atoms with E-state index >= 15 is 0 Å². The molecule has 192 valence electrons. The number of carbonyl (C=O) groups excluding carboxylic acids is 1. The molecule has 1 amide bonds. The maximum atomic E-state index is 13.9. The predicted molar refractivity (Wildman–Crippen MR) is 143 cm³/mol. The highest BCUT2D eigenvalue weighted by atomic mass is 16.2. The van der Waals surface area contributed by atoms with Crippen molar-refractivity contribution in [3.8, 4) is 0 Å². The van der Waals surface area contributed by atoms with E-state index in [-0.39, 0.29) is 5.92 Å². The molecule has 1 aromatic heterocycles. The molecule has 2 saturated carbocycles. The molecule has 0 spiro atoms. The molecule has 36 heavy (non-hydrogen) atoms. The van der Waals surface area contributed by atoms with E-state index in [1.54, 1.807) is 0 Å². The number of benzene rings is 1. The minimum atomic E-state index is 0.271. The third-order valence-electron chi connectivity index (χ3n) is 8.89. The quantitative estimate of drug-likeness (QED) is 0.457. The summed E-state index contributed by atoms with van der Waals surface area (Å²) in [4.78, 5) is 26.5. The van der Waals surface area contributed by atoms with Crippen molar-refractivity contribution in [3.05, 3.63) is 59.5 Å². The summed E-state index contributed by atoms with van der Waals surface area (Å²) in [7, 11) is 0. The van der Waals surface area contributed by atoms with Crippen molar-refractivity contribution < 1.29 is 4.79 Å². The number of hydrogen-bond acceptors (Lipinski definition) is 3. The number of rotatable bonds is 7. The molecule has 2 aliphatic carbocycles. The highest BCUT2D eigenvalue weighted by Gasteiger charge is 2.39. The van der Waals surface area contributed by atoms with Crippen LogP contribution in [0.5, 0.6) is 0 Å². The summed E-state index contributed by atoms with van der Waals surface area (Å²) < 4.78 is 2.20. The van der Waals surface area contributed by atoms with Gasteiger partial charge in [0.25, 0.3) is 0 Å². The van der Waals surface area contributed by atoms with E-state index in [9.17, 15) is 4.79 Å². The topological polar surface area (TPSA) is 45.7 Å². The van der Waals surface area contributed by atoms with E-state index in [1.807, 2.05) is 36.8 Å². The summed E-state index contributed by atoms with van der Waals surface area (Å²) in [6.07, 6.45) is 16.9. The molecule has 0 N–H and O–H groups in total. The Balaban J connectivity index is 1.17. The van der Waals surface area contributed by atoms with Crippen LogP contribution in [0, 0.1) is 24.3 Å².